The van der Waals surface area contributed by atoms with Crippen molar-refractivity contribution in [1.82, 2.24) is 20.1 Å². The molecule has 36 heavy (non-hydrogen) atoms. The highest BCUT2D eigenvalue weighted by atomic mass is 32.2. The number of benzene rings is 2. The minimum absolute atomic E-state index is 0.0730. The van der Waals surface area contributed by atoms with Crippen LogP contribution in [-0.4, -0.2) is 71.8 Å². The number of pyridine rings is 1. The fourth-order valence-corrected chi connectivity index (χ4v) is 6.13. The summed E-state index contributed by atoms with van der Waals surface area (Å²) in [4.78, 5) is 21.9. The molecule has 1 N–H and O–H groups in total. The fraction of sp³-hybridized carbons (Fsp3) is 0.379. The molecule has 2 atom stereocenters. The smallest absolute Gasteiger partial charge is 0.240 e. The molecule has 1 unspecified atom stereocenters. The van der Waals surface area contributed by atoms with Crippen molar-refractivity contribution in [1.29, 1.82) is 0 Å². The van der Waals surface area contributed by atoms with Gasteiger partial charge in [-0.15, -0.1) is 11.8 Å². The Morgan fingerprint density at radius 2 is 1.72 bits per heavy atom. The van der Waals surface area contributed by atoms with Gasteiger partial charge in [0.1, 0.15) is 6.10 Å². The number of amides is 1. The molecule has 2 aliphatic heterocycles. The van der Waals surface area contributed by atoms with Crippen molar-refractivity contribution in [2.24, 2.45) is 0 Å². The summed E-state index contributed by atoms with van der Waals surface area (Å²) in [5.41, 5.74) is 3.47. The van der Waals surface area contributed by atoms with E-state index in [1.54, 1.807) is 18.0 Å². The maximum atomic E-state index is 13.2. The molecule has 0 radical (unpaired) electrons. The van der Waals surface area contributed by atoms with Gasteiger partial charge in [-0.3, -0.25) is 20.0 Å². The van der Waals surface area contributed by atoms with Gasteiger partial charge in [-0.2, -0.15) is 0 Å². The summed E-state index contributed by atoms with van der Waals surface area (Å²) in [5.74, 6) is 1.02. The molecule has 7 heteroatoms. The van der Waals surface area contributed by atoms with Crippen LogP contribution in [0.2, 0.25) is 0 Å². The van der Waals surface area contributed by atoms with Crippen LogP contribution in [0.1, 0.15) is 34.6 Å². The molecule has 3 aromatic rings. The van der Waals surface area contributed by atoms with Crippen LogP contribution in [0.5, 0.6) is 0 Å². The Labute approximate surface area is 218 Å². The number of ether oxygens (including phenoxy) is 1. The van der Waals surface area contributed by atoms with E-state index in [0.717, 1.165) is 50.5 Å². The minimum atomic E-state index is -0.132. The number of thioether (sulfide) groups is 1. The van der Waals surface area contributed by atoms with E-state index in [-0.39, 0.29) is 23.4 Å². The summed E-state index contributed by atoms with van der Waals surface area (Å²) in [7, 11) is 0. The van der Waals surface area contributed by atoms with Gasteiger partial charge in [0.2, 0.25) is 5.91 Å². The predicted molar refractivity (Wildman–Crippen MR) is 145 cm³/mol. The van der Waals surface area contributed by atoms with Gasteiger partial charge in [0, 0.05) is 44.3 Å². The summed E-state index contributed by atoms with van der Waals surface area (Å²) >= 11 is 1.79. The summed E-state index contributed by atoms with van der Waals surface area (Å²) in [5, 5.41) is 3.65. The van der Waals surface area contributed by atoms with Crippen LogP contribution >= 0.6 is 11.8 Å². The monoisotopic (exact) mass is 502 g/mol. The van der Waals surface area contributed by atoms with Gasteiger partial charge < -0.3 is 9.64 Å². The zero-order valence-corrected chi connectivity index (χ0v) is 21.4. The van der Waals surface area contributed by atoms with Crippen molar-refractivity contribution in [3.8, 4) is 0 Å². The van der Waals surface area contributed by atoms with Crippen molar-refractivity contribution in [2.45, 2.75) is 23.9 Å². The molecule has 6 nitrogen and oxygen atoms in total. The molecule has 188 valence electrons. The van der Waals surface area contributed by atoms with Gasteiger partial charge in [-0.05, 0) is 35.7 Å². The molecule has 0 saturated carbocycles. The average Bonchev–Trinajstić information content (AvgIpc) is 3.32. The van der Waals surface area contributed by atoms with Crippen LogP contribution in [0, 0.1) is 0 Å². The third-order valence-corrected chi connectivity index (χ3v) is 8.13. The fourth-order valence-electron chi connectivity index (χ4n) is 4.91. The molecule has 2 aliphatic rings. The number of nitrogens with zero attached hydrogens (tertiary/aromatic N) is 3. The predicted octanol–water partition coefficient (Wildman–Crippen LogP) is 4.13. The Bertz CT molecular complexity index is 1050. The van der Waals surface area contributed by atoms with Crippen LogP contribution < -0.4 is 5.32 Å². The number of carbonyl (C=O) groups is 1. The first-order valence-corrected chi connectivity index (χ1v) is 13.8. The van der Waals surface area contributed by atoms with E-state index in [2.05, 4.69) is 69.8 Å². The molecule has 1 aromatic heterocycles. The third kappa shape index (κ3) is 6.34. The molecule has 2 fully saturated rings. The van der Waals surface area contributed by atoms with Crippen LogP contribution in [0.4, 0.5) is 0 Å². The molecule has 5 rings (SSSR count). The molecule has 2 aromatic carbocycles. The highest BCUT2D eigenvalue weighted by Gasteiger charge is 2.33. The van der Waals surface area contributed by atoms with Gasteiger partial charge in [0.25, 0.3) is 0 Å². The number of hydrogen-bond donors (Lipinski definition) is 1. The summed E-state index contributed by atoms with van der Waals surface area (Å²) < 4.78 is 6.43. The lowest BCUT2D eigenvalue weighted by molar-refractivity contribution is -0.132. The summed E-state index contributed by atoms with van der Waals surface area (Å²) in [6.07, 6.45) is 4.57. The lowest BCUT2D eigenvalue weighted by Crippen LogP contribution is -2.46. The van der Waals surface area contributed by atoms with Crippen molar-refractivity contribution in [2.75, 3.05) is 45.1 Å². The highest BCUT2D eigenvalue weighted by Crippen LogP contribution is 2.33. The maximum Gasteiger partial charge on any atom is 0.240 e. The maximum absolute atomic E-state index is 13.2. The number of rotatable bonds is 8. The number of nitrogens with one attached hydrogen (secondary N) is 1. The van der Waals surface area contributed by atoms with Crippen LogP contribution in [0.25, 0.3) is 0 Å². The van der Waals surface area contributed by atoms with Gasteiger partial charge >= 0.3 is 0 Å². The first kappa shape index (κ1) is 25.0. The van der Waals surface area contributed by atoms with Crippen molar-refractivity contribution < 1.29 is 9.53 Å². The quantitative estimate of drug-likeness (QED) is 0.500. The Balaban J connectivity index is 1.11. The average molecular weight is 503 g/mol. The Morgan fingerprint density at radius 1 is 0.972 bits per heavy atom. The van der Waals surface area contributed by atoms with E-state index in [0.29, 0.717) is 6.61 Å². The first-order chi connectivity index (χ1) is 17.8. The standard InChI is InChI=1S/C29H34N4O2S/c34-29(26-22-36-28(31-26)25-13-7-14-30-21-25)33-16-8-15-32(17-18-33)19-20-35-27(23-9-3-1-4-10-23)24-11-5-2-6-12-24/h1-7,9-14,21,26-28,31H,8,15-20,22H2/t26-,28?/m0/s1. The van der Waals surface area contributed by atoms with Crippen LogP contribution in [-0.2, 0) is 9.53 Å². The normalized spacial score (nSPS) is 21.0. The second-order valence-electron chi connectivity index (χ2n) is 9.31. The summed E-state index contributed by atoms with van der Waals surface area (Å²) in [6, 6.07) is 24.7. The van der Waals surface area contributed by atoms with Gasteiger partial charge in [0.15, 0.2) is 0 Å². The number of aromatic nitrogens is 1. The van der Waals surface area contributed by atoms with E-state index in [9.17, 15) is 4.79 Å². The second-order valence-corrected chi connectivity index (χ2v) is 10.4. The number of hydrogen-bond acceptors (Lipinski definition) is 6. The topological polar surface area (TPSA) is 57.7 Å². The largest absolute Gasteiger partial charge is 0.367 e. The van der Waals surface area contributed by atoms with E-state index in [1.165, 1.54) is 11.1 Å². The molecular weight excluding hydrogens is 468 g/mol. The van der Waals surface area contributed by atoms with E-state index < -0.39 is 0 Å². The molecule has 0 spiro atoms. The van der Waals surface area contributed by atoms with Crippen molar-refractivity contribution in [3.63, 3.8) is 0 Å². The highest BCUT2D eigenvalue weighted by molar-refractivity contribution is 7.99. The third-order valence-electron chi connectivity index (χ3n) is 6.86. The number of carbonyl (C=O) groups excluding carboxylic acids is 1. The molecule has 2 saturated heterocycles. The lowest BCUT2D eigenvalue weighted by Gasteiger charge is -2.25. The van der Waals surface area contributed by atoms with Crippen LogP contribution in [0.3, 0.4) is 0 Å². The van der Waals surface area contributed by atoms with Gasteiger partial charge in [-0.25, -0.2) is 0 Å². The Kier molecular flexibility index (Phi) is 8.67. The van der Waals surface area contributed by atoms with Gasteiger partial charge in [0.05, 0.1) is 18.0 Å². The molecule has 3 heterocycles. The zero-order chi connectivity index (χ0) is 24.6. The summed E-state index contributed by atoms with van der Waals surface area (Å²) in [6.45, 7) is 4.95. The second kappa shape index (κ2) is 12.5. The first-order valence-electron chi connectivity index (χ1n) is 12.8. The van der Waals surface area contributed by atoms with E-state index in [1.807, 2.05) is 29.3 Å². The molecule has 0 bridgehead atoms. The lowest BCUT2D eigenvalue weighted by atomic mass is 10.0. The minimum Gasteiger partial charge on any atom is -0.367 e. The van der Waals surface area contributed by atoms with E-state index >= 15 is 0 Å². The Hall–Kier alpha value is -2.71. The van der Waals surface area contributed by atoms with Crippen molar-refractivity contribution in [3.05, 3.63) is 102 Å². The Morgan fingerprint density at radius 3 is 2.42 bits per heavy atom. The van der Waals surface area contributed by atoms with Crippen LogP contribution in [0.15, 0.2) is 85.2 Å². The van der Waals surface area contributed by atoms with E-state index in [4.69, 9.17) is 4.74 Å². The molecule has 1 amide bonds. The SMILES string of the molecule is O=C([C@@H]1CSC(c2cccnc2)N1)N1CCCN(CCOC(c2ccccc2)c2ccccc2)CC1. The molecule has 0 aliphatic carbocycles. The molecular formula is C29H34N4O2S. The van der Waals surface area contributed by atoms with Gasteiger partial charge in [-0.1, -0.05) is 66.7 Å². The van der Waals surface area contributed by atoms with Crippen molar-refractivity contribution >= 4 is 17.7 Å². The zero-order valence-electron chi connectivity index (χ0n) is 20.5.